The van der Waals surface area contributed by atoms with Crippen molar-refractivity contribution in [3.8, 4) is 0 Å². The number of anilines is 1. The molecule has 0 aromatic heterocycles. The molecule has 1 aromatic carbocycles. The van der Waals surface area contributed by atoms with E-state index in [4.69, 9.17) is 11.6 Å². The quantitative estimate of drug-likeness (QED) is 0.922. The number of nitrogens with one attached hydrogen (secondary N) is 1. The standard InChI is InChI=1S/C15H21ClN2O/c1-11-6-12(2)9-18(8-11)10-15(19)17-14-5-3-4-13(16)7-14/h3-5,7,11-12H,6,8-10H2,1-2H3,(H,17,19). The van der Waals surface area contributed by atoms with Crippen LogP contribution in [0, 0.1) is 11.8 Å². The van der Waals surface area contributed by atoms with E-state index in [-0.39, 0.29) is 5.91 Å². The maximum Gasteiger partial charge on any atom is 0.238 e. The minimum Gasteiger partial charge on any atom is -0.325 e. The van der Waals surface area contributed by atoms with Gasteiger partial charge in [-0.2, -0.15) is 0 Å². The van der Waals surface area contributed by atoms with Crippen molar-refractivity contribution < 1.29 is 4.79 Å². The van der Waals surface area contributed by atoms with Crippen LogP contribution in [-0.4, -0.2) is 30.4 Å². The molecule has 2 unspecified atom stereocenters. The molecule has 0 radical (unpaired) electrons. The van der Waals surface area contributed by atoms with E-state index in [1.165, 1.54) is 6.42 Å². The zero-order chi connectivity index (χ0) is 13.8. The maximum atomic E-state index is 12.0. The first-order valence-electron chi connectivity index (χ1n) is 6.80. The highest BCUT2D eigenvalue weighted by atomic mass is 35.5. The molecule has 1 aromatic rings. The molecular formula is C15H21ClN2O. The number of hydrogen-bond donors (Lipinski definition) is 1. The second-order valence-corrected chi connectivity index (χ2v) is 6.14. The molecule has 1 amide bonds. The third-order valence-electron chi connectivity index (χ3n) is 3.42. The van der Waals surface area contributed by atoms with Gasteiger partial charge in [-0.1, -0.05) is 31.5 Å². The number of amides is 1. The van der Waals surface area contributed by atoms with Crippen LogP contribution in [0.4, 0.5) is 5.69 Å². The van der Waals surface area contributed by atoms with Crippen LogP contribution in [0.2, 0.25) is 5.02 Å². The van der Waals surface area contributed by atoms with E-state index in [9.17, 15) is 4.79 Å². The third kappa shape index (κ3) is 4.51. The minimum atomic E-state index is 0.0311. The summed E-state index contributed by atoms with van der Waals surface area (Å²) in [5, 5.41) is 3.53. The largest absolute Gasteiger partial charge is 0.325 e. The maximum absolute atomic E-state index is 12.0. The molecule has 1 heterocycles. The first-order valence-corrected chi connectivity index (χ1v) is 7.18. The number of benzene rings is 1. The van der Waals surface area contributed by atoms with Gasteiger partial charge >= 0.3 is 0 Å². The SMILES string of the molecule is CC1CC(C)CN(CC(=O)Nc2cccc(Cl)c2)C1. The summed E-state index contributed by atoms with van der Waals surface area (Å²) in [5.74, 6) is 1.37. The lowest BCUT2D eigenvalue weighted by molar-refractivity contribution is -0.117. The van der Waals surface area contributed by atoms with E-state index in [1.54, 1.807) is 12.1 Å². The Balaban J connectivity index is 1.87. The van der Waals surface area contributed by atoms with Crippen LogP contribution in [-0.2, 0) is 4.79 Å². The van der Waals surface area contributed by atoms with E-state index in [1.807, 2.05) is 12.1 Å². The third-order valence-corrected chi connectivity index (χ3v) is 3.66. The summed E-state index contributed by atoms with van der Waals surface area (Å²) in [5.41, 5.74) is 0.760. The van der Waals surface area contributed by atoms with Crippen molar-refractivity contribution in [3.05, 3.63) is 29.3 Å². The molecule has 0 aliphatic carbocycles. The van der Waals surface area contributed by atoms with Crippen LogP contribution in [0.15, 0.2) is 24.3 Å². The number of carbonyl (C=O) groups excluding carboxylic acids is 1. The monoisotopic (exact) mass is 280 g/mol. The second kappa shape index (κ2) is 6.40. The van der Waals surface area contributed by atoms with Gasteiger partial charge in [-0.05, 0) is 36.5 Å². The van der Waals surface area contributed by atoms with Crippen LogP contribution in [0.25, 0.3) is 0 Å². The molecule has 3 nitrogen and oxygen atoms in total. The van der Waals surface area contributed by atoms with Gasteiger partial charge in [0.2, 0.25) is 5.91 Å². The molecule has 1 N–H and O–H groups in total. The van der Waals surface area contributed by atoms with Gasteiger partial charge in [0, 0.05) is 23.8 Å². The van der Waals surface area contributed by atoms with Gasteiger partial charge in [0.05, 0.1) is 6.54 Å². The fourth-order valence-electron chi connectivity index (χ4n) is 2.89. The Morgan fingerprint density at radius 2 is 2.05 bits per heavy atom. The number of rotatable bonds is 3. The summed E-state index contributed by atoms with van der Waals surface area (Å²) in [6.07, 6.45) is 1.26. The second-order valence-electron chi connectivity index (χ2n) is 5.70. The van der Waals surface area contributed by atoms with Crippen LogP contribution >= 0.6 is 11.6 Å². The highest BCUT2D eigenvalue weighted by molar-refractivity contribution is 6.30. The van der Waals surface area contributed by atoms with Crippen molar-refractivity contribution in [1.29, 1.82) is 0 Å². The van der Waals surface area contributed by atoms with Crippen LogP contribution < -0.4 is 5.32 Å². The Hall–Kier alpha value is -1.06. The van der Waals surface area contributed by atoms with Crippen molar-refractivity contribution in [1.82, 2.24) is 4.90 Å². The van der Waals surface area contributed by atoms with Crippen LogP contribution in [0.3, 0.4) is 0 Å². The topological polar surface area (TPSA) is 32.3 Å². The molecule has 2 rings (SSSR count). The minimum absolute atomic E-state index is 0.0311. The Labute approximate surface area is 119 Å². The highest BCUT2D eigenvalue weighted by Gasteiger charge is 2.23. The molecular weight excluding hydrogens is 260 g/mol. The fraction of sp³-hybridized carbons (Fsp3) is 0.533. The Morgan fingerprint density at radius 1 is 1.37 bits per heavy atom. The normalized spacial score (nSPS) is 24.2. The summed E-state index contributed by atoms with van der Waals surface area (Å²) in [7, 11) is 0. The summed E-state index contributed by atoms with van der Waals surface area (Å²) in [6.45, 7) is 6.97. The van der Waals surface area contributed by atoms with Crippen LogP contribution in [0.1, 0.15) is 20.3 Å². The average molecular weight is 281 g/mol. The van der Waals surface area contributed by atoms with Crippen molar-refractivity contribution in [2.45, 2.75) is 20.3 Å². The molecule has 0 spiro atoms. The first kappa shape index (κ1) is 14.4. The van der Waals surface area contributed by atoms with Gasteiger partial charge in [0.15, 0.2) is 0 Å². The summed E-state index contributed by atoms with van der Waals surface area (Å²) >= 11 is 5.90. The molecule has 0 saturated carbocycles. The molecule has 1 fully saturated rings. The van der Waals surface area contributed by atoms with Gasteiger partial charge in [0.1, 0.15) is 0 Å². The lowest BCUT2D eigenvalue weighted by Crippen LogP contribution is -2.42. The smallest absolute Gasteiger partial charge is 0.238 e. The highest BCUT2D eigenvalue weighted by Crippen LogP contribution is 2.21. The summed E-state index contributed by atoms with van der Waals surface area (Å²) in [6, 6.07) is 7.25. The molecule has 0 bridgehead atoms. The van der Waals surface area contributed by atoms with Crippen molar-refractivity contribution in [2.75, 3.05) is 25.0 Å². The van der Waals surface area contributed by atoms with Crippen LogP contribution in [0.5, 0.6) is 0 Å². The summed E-state index contributed by atoms with van der Waals surface area (Å²) < 4.78 is 0. The zero-order valence-corrected chi connectivity index (χ0v) is 12.3. The molecule has 19 heavy (non-hydrogen) atoms. The number of likely N-dealkylation sites (tertiary alicyclic amines) is 1. The molecule has 104 valence electrons. The lowest BCUT2D eigenvalue weighted by atomic mass is 9.92. The van der Waals surface area contributed by atoms with Gasteiger partial charge in [0.25, 0.3) is 0 Å². The molecule has 1 saturated heterocycles. The number of nitrogens with zero attached hydrogens (tertiary/aromatic N) is 1. The van der Waals surface area contributed by atoms with Gasteiger partial charge < -0.3 is 5.32 Å². The Morgan fingerprint density at radius 3 is 2.68 bits per heavy atom. The predicted octanol–water partition coefficient (Wildman–Crippen LogP) is 3.26. The Kier molecular flexibility index (Phi) is 4.83. The van der Waals surface area contributed by atoms with E-state index in [0.29, 0.717) is 23.4 Å². The van der Waals surface area contributed by atoms with E-state index in [2.05, 4.69) is 24.1 Å². The number of carbonyl (C=O) groups is 1. The van der Waals surface area contributed by atoms with E-state index < -0.39 is 0 Å². The van der Waals surface area contributed by atoms with Gasteiger partial charge in [-0.15, -0.1) is 0 Å². The van der Waals surface area contributed by atoms with Gasteiger partial charge in [-0.25, -0.2) is 0 Å². The number of hydrogen-bond acceptors (Lipinski definition) is 2. The number of halogens is 1. The summed E-state index contributed by atoms with van der Waals surface area (Å²) in [4.78, 5) is 14.2. The lowest BCUT2D eigenvalue weighted by Gasteiger charge is -2.34. The molecule has 1 aliphatic rings. The first-order chi connectivity index (χ1) is 9.02. The van der Waals surface area contributed by atoms with E-state index in [0.717, 1.165) is 18.8 Å². The zero-order valence-electron chi connectivity index (χ0n) is 11.5. The van der Waals surface area contributed by atoms with Crippen molar-refractivity contribution in [2.24, 2.45) is 11.8 Å². The molecule has 4 heteroatoms. The van der Waals surface area contributed by atoms with Crippen molar-refractivity contribution in [3.63, 3.8) is 0 Å². The molecule has 1 aliphatic heterocycles. The fourth-order valence-corrected chi connectivity index (χ4v) is 3.08. The predicted molar refractivity (Wildman–Crippen MR) is 79.5 cm³/mol. The number of piperidine rings is 1. The van der Waals surface area contributed by atoms with Gasteiger partial charge in [-0.3, -0.25) is 9.69 Å². The molecule has 2 atom stereocenters. The average Bonchev–Trinajstić information content (AvgIpc) is 2.26. The Bertz CT molecular complexity index is 440. The van der Waals surface area contributed by atoms with E-state index >= 15 is 0 Å². The van der Waals surface area contributed by atoms with Crippen molar-refractivity contribution >= 4 is 23.2 Å².